The number of ether oxygens (including phenoxy) is 2. The monoisotopic (exact) mass is 418 g/mol. The summed E-state index contributed by atoms with van der Waals surface area (Å²) < 4.78 is 12.2. The summed E-state index contributed by atoms with van der Waals surface area (Å²) in [6.07, 6.45) is 0. The minimum absolute atomic E-state index is 0.0325. The summed E-state index contributed by atoms with van der Waals surface area (Å²) in [6.45, 7) is 6.10. The van der Waals surface area contributed by atoms with Crippen LogP contribution in [0.1, 0.15) is 16.7 Å². The first-order chi connectivity index (χ1) is 12.4. The van der Waals surface area contributed by atoms with E-state index in [9.17, 15) is 4.79 Å². The molecule has 26 heavy (non-hydrogen) atoms. The lowest BCUT2D eigenvalue weighted by molar-refractivity contribution is -0.117. The third-order valence-electron chi connectivity index (χ3n) is 4.44. The van der Waals surface area contributed by atoms with Crippen molar-refractivity contribution in [3.63, 3.8) is 0 Å². The molecule has 0 spiro atoms. The predicted molar refractivity (Wildman–Crippen MR) is 106 cm³/mol. The first kappa shape index (κ1) is 18.7. The number of hydrogen-bond acceptors (Lipinski definition) is 4. The first-order valence-electron chi connectivity index (χ1n) is 8.56. The zero-order valence-corrected chi connectivity index (χ0v) is 16.9. The van der Waals surface area contributed by atoms with Crippen LogP contribution in [-0.4, -0.2) is 37.6 Å². The van der Waals surface area contributed by atoms with Crippen molar-refractivity contribution in [2.45, 2.75) is 20.4 Å². The highest BCUT2D eigenvalue weighted by Gasteiger charge is 2.17. The zero-order valence-electron chi connectivity index (χ0n) is 15.3. The predicted octanol–water partition coefficient (Wildman–Crippen LogP) is 3.91. The number of likely N-dealkylation sites (N-methyl/N-ethyl adjacent to an activating group) is 1. The van der Waals surface area contributed by atoms with Crippen LogP contribution in [0.2, 0.25) is 0 Å². The van der Waals surface area contributed by atoms with Crippen molar-refractivity contribution in [3.8, 4) is 11.5 Å². The van der Waals surface area contributed by atoms with Crippen molar-refractivity contribution in [2.24, 2.45) is 0 Å². The van der Waals surface area contributed by atoms with Crippen LogP contribution < -0.4 is 14.8 Å². The summed E-state index contributed by atoms with van der Waals surface area (Å²) in [5.74, 6) is 1.47. The molecule has 0 aliphatic carbocycles. The van der Waals surface area contributed by atoms with Gasteiger partial charge in [0.25, 0.3) is 0 Å². The van der Waals surface area contributed by atoms with Gasteiger partial charge in [-0.05, 0) is 55.8 Å². The molecular formula is C20H23BrN2O3. The molecule has 2 aromatic rings. The second kappa shape index (κ2) is 8.10. The molecule has 1 amide bonds. The Balaban J connectivity index is 1.62. The van der Waals surface area contributed by atoms with E-state index in [1.165, 1.54) is 0 Å². The molecule has 0 aromatic heterocycles. The summed E-state index contributed by atoms with van der Waals surface area (Å²) in [5.41, 5.74) is 4.18. The van der Waals surface area contributed by atoms with Gasteiger partial charge >= 0.3 is 0 Å². The van der Waals surface area contributed by atoms with Crippen LogP contribution in [0.3, 0.4) is 0 Å². The van der Waals surface area contributed by atoms with Gasteiger partial charge in [0.2, 0.25) is 5.91 Å². The lowest BCUT2D eigenvalue weighted by Crippen LogP contribution is -2.30. The number of carbonyl (C=O) groups is 1. The van der Waals surface area contributed by atoms with Crippen molar-refractivity contribution in [1.29, 1.82) is 0 Å². The highest BCUT2D eigenvalue weighted by atomic mass is 79.9. The van der Waals surface area contributed by atoms with Crippen LogP contribution in [0.5, 0.6) is 11.5 Å². The Kier molecular flexibility index (Phi) is 5.84. The summed E-state index contributed by atoms with van der Waals surface area (Å²) in [5, 5.41) is 3.00. The average molecular weight is 419 g/mol. The molecule has 3 rings (SSSR count). The van der Waals surface area contributed by atoms with Crippen molar-refractivity contribution in [3.05, 3.63) is 51.5 Å². The fourth-order valence-electron chi connectivity index (χ4n) is 2.90. The number of nitrogens with zero attached hydrogens (tertiary/aromatic N) is 1. The molecule has 0 saturated carbocycles. The Morgan fingerprint density at radius 3 is 2.62 bits per heavy atom. The van der Waals surface area contributed by atoms with Crippen LogP contribution >= 0.6 is 15.9 Å². The molecule has 0 saturated heterocycles. The number of carbonyl (C=O) groups excluding carboxylic acids is 1. The second-order valence-corrected chi connectivity index (χ2v) is 7.41. The number of benzene rings is 2. The number of halogens is 1. The second-order valence-electron chi connectivity index (χ2n) is 6.56. The Labute approximate surface area is 162 Å². The molecule has 0 fully saturated rings. The van der Waals surface area contributed by atoms with Gasteiger partial charge in [0, 0.05) is 16.7 Å². The van der Waals surface area contributed by atoms with E-state index in [1.807, 2.05) is 56.1 Å². The standard InChI is InChI=1S/C20H23BrN2O3/c1-13-5-4-6-17(14(13)2)22-20(24)12-23(3)11-15-9-18-19(10-16(15)21)26-8-7-25-18/h4-6,9-10H,7-8,11-12H2,1-3H3,(H,22,24). The van der Waals surface area contributed by atoms with E-state index in [1.54, 1.807) is 0 Å². The normalized spacial score (nSPS) is 13.0. The minimum atomic E-state index is -0.0325. The van der Waals surface area contributed by atoms with Gasteiger partial charge in [0.15, 0.2) is 11.5 Å². The molecule has 6 heteroatoms. The van der Waals surface area contributed by atoms with E-state index in [4.69, 9.17) is 9.47 Å². The quantitative estimate of drug-likeness (QED) is 0.799. The molecule has 2 aromatic carbocycles. The number of fused-ring (bicyclic) bond motifs is 1. The molecule has 1 aliphatic heterocycles. The van der Waals surface area contributed by atoms with Crippen LogP contribution in [0, 0.1) is 13.8 Å². The number of hydrogen-bond donors (Lipinski definition) is 1. The van der Waals surface area contributed by atoms with Gasteiger partial charge in [-0.1, -0.05) is 28.1 Å². The fraction of sp³-hybridized carbons (Fsp3) is 0.350. The van der Waals surface area contributed by atoms with Crippen LogP contribution in [-0.2, 0) is 11.3 Å². The van der Waals surface area contributed by atoms with Crippen LogP contribution in [0.25, 0.3) is 0 Å². The summed E-state index contributed by atoms with van der Waals surface area (Å²) in [7, 11) is 1.92. The molecular weight excluding hydrogens is 396 g/mol. The maximum Gasteiger partial charge on any atom is 0.238 e. The number of rotatable bonds is 5. The molecule has 0 bridgehead atoms. The molecule has 5 nitrogen and oxygen atoms in total. The third kappa shape index (κ3) is 4.37. The van der Waals surface area contributed by atoms with E-state index < -0.39 is 0 Å². The van der Waals surface area contributed by atoms with Crippen LogP contribution in [0.15, 0.2) is 34.8 Å². The molecule has 1 aliphatic rings. The molecule has 138 valence electrons. The van der Waals surface area contributed by atoms with Crippen molar-refractivity contribution >= 4 is 27.5 Å². The van der Waals surface area contributed by atoms with Gasteiger partial charge in [-0.3, -0.25) is 9.69 Å². The molecule has 0 atom stereocenters. The van der Waals surface area contributed by atoms with Gasteiger partial charge in [-0.25, -0.2) is 0 Å². The highest BCUT2D eigenvalue weighted by Crippen LogP contribution is 2.35. The molecule has 1 heterocycles. The minimum Gasteiger partial charge on any atom is -0.486 e. The number of anilines is 1. The van der Waals surface area contributed by atoms with E-state index in [2.05, 4.69) is 21.2 Å². The summed E-state index contributed by atoms with van der Waals surface area (Å²) in [4.78, 5) is 14.4. The van der Waals surface area contributed by atoms with E-state index in [0.29, 0.717) is 26.3 Å². The maximum atomic E-state index is 12.4. The van der Waals surface area contributed by atoms with E-state index in [0.717, 1.165) is 38.3 Å². The van der Waals surface area contributed by atoms with Crippen molar-refractivity contribution in [1.82, 2.24) is 4.90 Å². The largest absolute Gasteiger partial charge is 0.486 e. The summed E-state index contributed by atoms with van der Waals surface area (Å²) >= 11 is 3.58. The first-order valence-corrected chi connectivity index (χ1v) is 9.36. The number of aryl methyl sites for hydroxylation is 1. The Morgan fingerprint density at radius 1 is 1.19 bits per heavy atom. The van der Waals surface area contributed by atoms with E-state index in [-0.39, 0.29) is 5.91 Å². The Bertz CT molecular complexity index is 823. The smallest absolute Gasteiger partial charge is 0.238 e. The van der Waals surface area contributed by atoms with Gasteiger partial charge in [-0.2, -0.15) is 0 Å². The fourth-order valence-corrected chi connectivity index (χ4v) is 3.34. The zero-order chi connectivity index (χ0) is 18.7. The third-order valence-corrected chi connectivity index (χ3v) is 5.18. The van der Waals surface area contributed by atoms with Gasteiger partial charge in [-0.15, -0.1) is 0 Å². The van der Waals surface area contributed by atoms with Gasteiger partial charge in [0.05, 0.1) is 6.54 Å². The van der Waals surface area contributed by atoms with Gasteiger partial charge in [0.1, 0.15) is 13.2 Å². The maximum absolute atomic E-state index is 12.4. The highest BCUT2D eigenvalue weighted by molar-refractivity contribution is 9.10. The SMILES string of the molecule is Cc1cccc(NC(=O)CN(C)Cc2cc3c(cc2Br)OCCO3)c1C. The number of amides is 1. The van der Waals surface area contributed by atoms with Gasteiger partial charge < -0.3 is 14.8 Å². The lowest BCUT2D eigenvalue weighted by Gasteiger charge is -2.22. The number of nitrogens with one attached hydrogen (secondary N) is 1. The van der Waals surface area contributed by atoms with Crippen LogP contribution in [0.4, 0.5) is 5.69 Å². The van der Waals surface area contributed by atoms with Crippen molar-refractivity contribution in [2.75, 3.05) is 32.1 Å². The van der Waals surface area contributed by atoms with Crippen molar-refractivity contribution < 1.29 is 14.3 Å². The Morgan fingerprint density at radius 2 is 1.88 bits per heavy atom. The Hall–Kier alpha value is -2.05. The lowest BCUT2D eigenvalue weighted by atomic mass is 10.1. The molecule has 1 N–H and O–H groups in total. The average Bonchev–Trinajstić information content (AvgIpc) is 2.59. The van der Waals surface area contributed by atoms with E-state index >= 15 is 0 Å². The summed E-state index contributed by atoms with van der Waals surface area (Å²) in [6, 6.07) is 9.81. The molecule has 0 unspecified atom stereocenters. The topological polar surface area (TPSA) is 50.8 Å². The molecule has 0 radical (unpaired) electrons.